The van der Waals surface area contributed by atoms with Crippen molar-refractivity contribution >= 4 is 53.9 Å². The molecule has 0 unspecified atom stereocenters. The highest BCUT2D eigenvalue weighted by molar-refractivity contribution is 6.22. The van der Waals surface area contributed by atoms with Gasteiger partial charge in [0.05, 0.1) is 0 Å². The van der Waals surface area contributed by atoms with E-state index < -0.39 is 0 Å². The smallest absolute Gasteiger partial charge is 0.0165 e. The lowest BCUT2D eigenvalue weighted by Crippen LogP contribution is -2.15. The highest BCUT2D eigenvalue weighted by Gasteiger charge is 2.38. The van der Waals surface area contributed by atoms with Crippen molar-refractivity contribution < 1.29 is 0 Å². The number of hydrogen-bond donors (Lipinski definition) is 0. The van der Waals surface area contributed by atoms with Gasteiger partial charge in [0.25, 0.3) is 0 Å². The molecule has 10 aromatic rings. The molecule has 0 N–H and O–H groups in total. The number of rotatable bonds is 3. The van der Waals surface area contributed by atoms with Crippen molar-refractivity contribution in [2.75, 3.05) is 0 Å². The SMILES string of the molecule is CC1(C)c2cc(-c3ccc4cc(-c5c6ccccc6c(-c6ccccc6)c6ccccc56)ccc4c3)ccc2-c2c1c1ccccc1c1ccccc21. The summed E-state index contributed by atoms with van der Waals surface area (Å²) in [6.07, 6.45) is 0. The Kier molecular flexibility index (Phi) is 6.40. The number of benzene rings is 10. The van der Waals surface area contributed by atoms with Crippen molar-refractivity contribution in [3.05, 3.63) is 193 Å². The molecule has 0 heteroatoms. The summed E-state index contributed by atoms with van der Waals surface area (Å²) < 4.78 is 0. The third kappa shape index (κ3) is 4.36. The molecule has 0 amide bonds. The van der Waals surface area contributed by atoms with Gasteiger partial charge in [-0.3, -0.25) is 0 Å². The lowest BCUT2D eigenvalue weighted by molar-refractivity contribution is 0.667. The topological polar surface area (TPSA) is 0 Å². The first-order valence-corrected chi connectivity index (χ1v) is 18.7. The average Bonchev–Trinajstić information content (AvgIpc) is 3.46. The van der Waals surface area contributed by atoms with Crippen molar-refractivity contribution in [3.8, 4) is 44.5 Å². The zero-order valence-corrected chi connectivity index (χ0v) is 29.8. The van der Waals surface area contributed by atoms with Crippen LogP contribution in [0.15, 0.2) is 182 Å². The summed E-state index contributed by atoms with van der Waals surface area (Å²) in [5, 5.41) is 13.0. The predicted octanol–water partition coefficient (Wildman–Crippen LogP) is 14.8. The first-order valence-electron chi connectivity index (χ1n) is 18.7. The second-order valence-electron chi connectivity index (χ2n) is 15.2. The van der Waals surface area contributed by atoms with E-state index >= 15 is 0 Å². The van der Waals surface area contributed by atoms with E-state index in [2.05, 4.69) is 196 Å². The third-order valence-electron chi connectivity index (χ3n) is 12.0. The summed E-state index contributed by atoms with van der Waals surface area (Å²) in [6, 6.07) is 67.7. The minimum absolute atomic E-state index is 0.127. The molecule has 10 aromatic carbocycles. The Morgan fingerprint density at radius 3 is 1.32 bits per heavy atom. The van der Waals surface area contributed by atoms with Crippen molar-refractivity contribution in [1.29, 1.82) is 0 Å². The van der Waals surface area contributed by atoms with Crippen LogP contribution in [0.5, 0.6) is 0 Å². The molecule has 0 aromatic heterocycles. The maximum atomic E-state index is 2.46. The van der Waals surface area contributed by atoms with Crippen LogP contribution in [0.3, 0.4) is 0 Å². The molecule has 53 heavy (non-hydrogen) atoms. The van der Waals surface area contributed by atoms with Crippen molar-refractivity contribution in [2.24, 2.45) is 0 Å². The minimum Gasteiger partial charge on any atom is -0.0622 e. The van der Waals surface area contributed by atoms with Crippen LogP contribution < -0.4 is 0 Å². The van der Waals surface area contributed by atoms with E-state index in [0.29, 0.717) is 0 Å². The normalized spacial score (nSPS) is 13.2. The van der Waals surface area contributed by atoms with Gasteiger partial charge in [0.1, 0.15) is 0 Å². The molecule has 0 nitrogen and oxygen atoms in total. The summed E-state index contributed by atoms with van der Waals surface area (Å²) in [5.41, 5.74) is 13.1. The molecular formula is C53H36. The van der Waals surface area contributed by atoms with Crippen molar-refractivity contribution in [3.63, 3.8) is 0 Å². The van der Waals surface area contributed by atoms with Gasteiger partial charge in [0, 0.05) is 5.41 Å². The average molecular weight is 673 g/mol. The molecule has 11 rings (SSSR count). The Labute approximate surface area is 309 Å². The van der Waals surface area contributed by atoms with Crippen molar-refractivity contribution in [1.82, 2.24) is 0 Å². The fraction of sp³-hybridized carbons (Fsp3) is 0.0566. The molecule has 1 aliphatic rings. The number of fused-ring (bicyclic) bond motifs is 11. The quantitative estimate of drug-likeness (QED) is 0.129. The van der Waals surface area contributed by atoms with Crippen LogP contribution >= 0.6 is 0 Å². The Bertz CT molecular complexity index is 3070. The summed E-state index contributed by atoms with van der Waals surface area (Å²) in [6.45, 7) is 4.81. The van der Waals surface area contributed by atoms with Crippen LogP contribution in [-0.2, 0) is 5.41 Å². The minimum atomic E-state index is -0.127. The van der Waals surface area contributed by atoms with Gasteiger partial charge >= 0.3 is 0 Å². The monoisotopic (exact) mass is 672 g/mol. The largest absolute Gasteiger partial charge is 0.0622 e. The maximum Gasteiger partial charge on any atom is 0.0165 e. The molecular weight excluding hydrogens is 637 g/mol. The number of hydrogen-bond acceptors (Lipinski definition) is 0. The van der Waals surface area contributed by atoms with Gasteiger partial charge in [-0.2, -0.15) is 0 Å². The molecule has 0 bridgehead atoms. The molecule has 0 saturated heterocycles. The van der Waals surface area contributed by atoms with Gasteiger partial charge in [0.15, 0.2) is 0 Å². The molecule has 248 valence electrons. The van der Waals surface area contributed by atoms with Gasteiger partial charge in [-0.25, -0.2) is 0 Å². The van der Waals surface area contributed by atoms with Crippen LogP contribution in [-0.4, -0.2) is 0 Å². The summed E-state index contributed by atoms with van der Waals surface area (Å²) in [4.78, 5) is 0. The molecule has 0 aliphatic heterocycles. The van der Waals surface area contributed by atoms with Crippen LogP contribution in [0.1, 0.15) is 25.0 Å². The first-order chi connectivity index (χ1) is 26.1. The van der Waals surface area contributed by atoms with Gasteiger partial charge in [-0.05, 0) is 128 Å². The second-order valence-corrected chi connectivity index (χ2v) is 15.2. The van der Waals surface area contributed by atoms with E-state index in [9.17, 15) is 0 Å². The van der Waals surface area contributed by atoms with Gasteiger partial charge < -0.3 is 0 Å². The Balaban J connectivity index is 1.05. The first kappa shape index (κ1) is 30.2. The molecule has 0 saturated carbocycles. The highest BCUT2D eigenvalue weighted by atomic mass is 14.4. The summed E-state index contributed by atoms with van der Waals surface area (Å²) >= 11 is 0. The van der Waals surface area contributed by atoms with Gasteiger partial charge in [-0.15, -0.1) is 0 Å². The Morgan fingerprint density at radius 2 is 0.717 bits per heavy atom. The van der Waals surface area contributed by atoms with Crippen LogP contribution in [0.25, 0.3) is 98.4 Å². The summed E-state index contributed by atoms with van der Waals surface area (Å²) in [7, 11) is 0. The van der Waals surface area contributed by atoms with Crippen molar-refractivity contribution in [2.45, 2.75) is 19.3 Å². The molecule has 0 heterocycles. The van der Waals surface area contributed by atoms with Gasteiger partial charge in [0.2, 0.25) is 0 Å². The van der Waals surface area contributed by atoms with E-state index in [0.717, 1.165) is 0 Å². The molecule has 0 fully saturated rings. The molecule has 0 spiro atoms. The third-order valence-corrected chi connectivity index (χ3v) is 12.0. The van der Waals surface area contributed by atoms with Crippen LogP contribution in [0.2, 0.25) is 0 Å². The predicted molar refractivity (Wildman–Crippen MR) is 228 cm³/mol. The second kappa shape index (κ2) is 11.2. The lowest BCUT2D eigenvalue weighted by atomic mass is 9.78. The fourth-order valence-corrected chi connectivity index (χ4v) is 9.60. The van der Waals surface area contributed by atoms with Crippen LogP contribution in [0, 0.1) is 0 Å². The van der Waals surface area contributed by atoms with E-state index in [-0.39, 0.29) is 5.41 Å². The van der Waals surface area contributed by atoms with E-state index in [4.69, 9.17) is 0 Å². The molecule has 0 radical (unpaired) electrons. The lowest BCUT2D eigenvalue weighted by Gasteiger charge is -2.24. The Hall–Kier alpha value is -6.50. The standard InChI is InChI=1S/C53H36/c1-53(2)48-32-37(28-29-47(48)51-41-18-8-6-16-39(41)40-17-7-13-23-46(40)52(51)53)35-24-25-36-31-38(27-26-34(36)30-35)50-44-21-11-9-19-42(44)49(33-14-4-3-5-15-33)43-20-10-12-22-45(43)50/h3-32H,1-2H3. The van der Waals surface area contributed by atoms with E-state index in [1.807, 2.05) is 0 Å². The molecule has 0 atom stereocenters. The summed E-state index contributed by atoms with van der Waals surface area (Å²) in [5.74, 6) is 0. The molecule has 1 aliphatic carbocycles. The maximum absolute atomic E-state index is 2.46. The Morgan fingerprint density at radius 1 is 0.302 bits per heavy atom. The van der Waals surface area contributed by atoms with Crippen LogP contribution in [0.4, 0.5) is 0 Å². The van der Waals surface area contributed by atoms with E-state index in [1.165, 1.54) is 109 Å². The fourth-order valence-electron chi connectivity index (χ4n) is 9.60. The zero-order chi connectivity index (χ0) is 35.3. The highest BCUT2D eigenvalue weighted by Crippen LogP contribution is 2.55. The van der Waals surface area contributed by atoms with E-state index in [1.54, 1.807) is 0 Å². The zero-order valence-electron chi connectivity index (χ0n) is 29.8. The van der Waals surface area contributed by atoms with Gasteiger partial charge in [-0.1, -0.05) is 178 Å².